The van der Waals surface area contributed by atoms with E-state index in [1.165, 1.54) is 24.6 Å². The Kier molecular flexibility index (Phi) is 7.17. The number of H-pyrrole nitrogens is 1. The molecule has 2 aromatic rings. The first-order valence-corrected chi connectivity index (χ1v) is 11.1. The first-order valence-electron chi connectivity index (χ1n) is 11.1. The maximum absolute atomic E-state index is 13.0. The van der Waals surface area contributed by atoms with Gasteiger partial charge in [-0.1, -0.05) is 37.6 Å². The van der Waals surface area contributed by atoms with Crippen molar-refractivity contribution in [2.75, 3.05) is 13.1 Å². The van der Waals surface area contributed by atoms with Crippen molar-refractivity contribution < 1.29 is 9.59 Å². The van der Waals surface area contributed by atoms with Crippen molar-refractivity contribution in [3.63, 3.8) is 0 Å². The van der Waals surface area contributed by atoms with Crippen LogP contribution in [0.1, 0.15) is 79.6 Å². The van der Waals surface area contributed by atoms with Gasteiger partial charge in [0, 0.05) is 24.8 Å². The summed E-state index contributed by atoms with van der Waals surface area (Å²) in [5.74, 6) is -0.263. The van der Waals surface area contributed by atoms with Crippen LogP contribution < -0.4 is 5.32 Å². The molecule has 1 aliphatic heterocycles. The molecule has 1 aromatic heterocycles. The normalized spacial score (nSPS) is 16.4. The van der Waals surface area contributed by atoms with Gasteiger partial charge in [0.1, 0.15) is 11.8 Å². The average molecular weight is 421 g/mol. The van der Waals surface area contributed by atoms with Crippen molar-refractivity contribution in [3.05, 3.63) is 58.9 Å². The van der Waals surface area contributed by atoms with Crippen LogP contribution in [-0.4, -0.2) is 40.3 Å². The maximum Gasteiger partial charge on any atom is 0.268 e. The smallest absolute Gasteiger partial charge is 0.268 e. The fourth-order valence-electron chi connectivity index (χ4n) is 4.05. The molecule has 1 unspecified atom stereocenters. The lowest BCUT2D eigenvalue weighted by molar-refractivity contribution is -0.134. The summed E-state index contributed by atoms with van der Waals surface area (Å²) in [5.41, 5.74) is 2.80. The van der Waals surface area contributed by atoms with Crippen molar-refractivity contribution in [1.82, 2.24) is 15.2 Å². The number of nitrogens with one attached hydrogen (secondary N) is 2. The highest BCUT2D eigenvalue weighted by molar-refractivity contribution is 5.93. The highest BCUT2D eigenvalue weighted by atomic mass is 16.2. The number of piperidine rings is 1. The molecular formula is C25H32N4O2. The van der Waals surface area contributed by atoms with E-state index in [0.717, 1.165) is 12.0 Å². The van der Waals surface area contributed by atoms with Crippen molar-refractivity contribution in [2.45, 2.75) is 64.3 Å². The number of benzene rings is 1. The van der Waals surface area contributed by atoms with E-state index in [4.69, 9.17) is 5.26 Å². The molecule has 1 saturated heterocycles. The minimum atomic E-state index is -0.379. The van der Waals surface area contributed by atoms with Crippen molar-refractivity contribution in [1.29, 1.82) is 5.26 Å². The topological polar surface area (TPSA) is 89.0 Å². The van der Waals surface area contributed by atoms with Crippen LogP contribution in [-0.2, 0) is 11.2 Å². The summed E-state index contributed by atoms with van der Waals surface area (Å²) in [5, 5.41) is 12.0. The van der Waals surface area contributed by atoms with E-state index in [1.807, 2.05) is 24.8 Å². The van der Waals surface area contributed by atoms with Crippen LogP contribution in [0.15, 0.2) is 36.5 Å². The standard InChI is InChI=1S/C25H32N4O2/c1-4-5-6-19-7-9-21(10-8-19)18(2)24(31)29-13-11-25(3,12-14-29)28-23(30)22-15-20(16-26)17-27-22/h7-10,15,17-18,27H,4-6,11-14H2,1-3H3,(H,28,30). The van der Waals surface area contributed by atoms with Crippen LogP contribution in [0.3, 0.4) is 0 Å². The van der Waals surface area contributed by atoms with Gasteiger partial charge in [0.2, 0.25) is 5.91 Å². The number of aromatic amines is 1. The number of nitrogens with zero attached hydrogens (tertiary/aromatic N) is 2. The molecule has 0 radical (unpaired) electrons. The summed E-state index contributed by atoms with van der Waals surface area (Å²) in [6.07, 6.45) is 6.35. The lowest BCUT2D eigenvalue weighted by Gasteiger charge is -2.40. The van der Waals surface area contributed by atoms with Gasteiger partial charge in [-0.15, -0.1) is 0 Å². The molecule has 1 aromatic carbocycles. The molecule has 1 atom stereocenters. The van der Waals surface area contributed by atoms with Gasteiger partial charge in [-0.3, -0.25) is 9.59 Å². The van der Waals surface area contributed by atoms with Gasteiger partial charge in [-0.05, 0) is 56.7 Å². The van der Waals surface area contributed by atoms with Crippen LogP contribution in [0, 0.1) is 11.3 Å². The number of aryl methyl sites for hydroxylation is 1. The molecule has 0 bridgehead atoms. The van der Waals surface area contributed by atoms with Gasteiger partial charge in [-0.25, -0.2) is 0 Å². The molecule has 31 heavy (non-hydrogen) atoms. The third kappa shape index (κ3) is 5.55. The van der Waals surface area contributed by atoms with Gasteiger partial charge in [-0.2, -0.15) is 5.26 Å². The summed E-state index contributed by atoms with van der Waals surface area (Å²) in [6.45, 7) is 7.40. The predicted molar refractivity (Wildman–Crippen MR) is 121 cm³/mol. The largest absolute Gasteiger partial charge is 0.356 e. The number of hydrogen-bond donors (Lipinski definition) is 2. The highest BCUT2D eigenvalue weighted by Crippen LogP contribution is 2.26. The summed E-state index contributed by atoms with van der Waals surface area (Å²) in [4.78, 5) is 30.3. The number of unbranched alkanes of at least 4 members (excludes halogenated alkanes) is 1. The molecule has 6 nitrogen and oxygen atoms in total. The van der Waals surface area contributed by atoms with Crippen LogP contribution in [0.2, 0.25) is 0 Å². The lowest BCUT2D eigenvalue weighted by Crippen LogP contribution is -2.54. The predicted octanol–water partition coefficient (Wildman–Crippen LogP) is 4.14. The van der Waals surface area contributed by atoms with E-state index in [9.17, 15) is 9.59 Å². The van der Waals surface area contributed by atoms with Crippen molar-refractivity contribution in [2.24, 2.45) is 0 Å². The quantitative estimate of drug-likeness (QED) is 0.705. The second-order valence-electron chi connectivity index (χ2n) is 8.82. The number of hydrogen-bond acceptors (Lipinski definition) is 3. The number of aromatic nitrogens is 1. The molecule has 0 saturated carbocycles. The average Bonchev–Trinajstić information content (AvgIpc) is 3.27. The Hall–Kier alpha value is -3.07. The van der Waals surface area contributed by atoms with Gasteiger partial charge < -0.3 is 15.2 Å². The summed E-state index contributed by atoms with van der Waals surface area (Å²) >= 11 is 0. The van der Waals surface area contributed by atoms with E-state index < -0.39 is 0 Å². The zero-order valence-electron chi connectivity index (χ0n) is 18.7. The molecule has 164 valence electrons. The molecule has 0 spiro atoms. The van der Waals surface area contributed by atoms with Crippen LogP contribution in [0.5, 0.6) is 0 Å². The summed E-state index contributed by atoms with van der Waals surface area (Å²) in [6, 6.07) is 12.0. The second kappa shape index (κ2) is 9.82. The zero-order valence-corrected chi connectivity index (χ0v) is 18.7. The van der Waals surface area contributed by atoms with Crippen LogP contribution in [0.4, 0.5) is 0 Å². The van der Waals surface area contributed by atoms with E-state index in [0.29, 0.717) is 37.2 Å². The first kappa shape index (κ1) is 22.6. The molecule has 2 N–H and O–H groups in total. The Morgan fingerprint density at radius 2 is 1.94 bits per heavy atom. The molecule has 6 heteroatoms. The fraction of sp³-hybridized carbons (Fsp3) is 0.480. The van der Waals surface area contributed by atoms with E-state index in [2.05, 4.69) is 41.5 Å². The Balaban J connectivity index is 1.54. The van der Waals surface area contributed by atoms with Crippen molar-refractivity contribution in [3.8, 4) is 6.07 Å². The Bertz CT molecular complexity index is 947. The van der Waals surface area contributed by atoms with Gasteiger partial charge in [0.15, 0.2) is 0 Å². The number of carbonyl (C=O) groups is 2. The molecule has 3 rings (SSSR count). The first-order chi connectivity index (χ1) is 14.8. The highest BCUT2D eigenvalue weighted by Gasteiger charge is 2.35. The third-order valence-corrected chi connectivity index (χ3v) is 6.32. The molecule has 1 fully saturated rings. The Morgan fingerprint density at radius 3 is 2.52 bits per heavy atom. The number of nitriles is 1. The second-order valence-corrected chi connectivity index (χ2v) is 8.82. The van der Waals surface area contributed by atoms with Gasteiger partial charge >= 0.3 is 0 Å². The van der Waals surface area contributed by atoms with E-state index in [1.54, 1.807) is 6.07 Å². The molecule has 1 aliphatic rings. The van der Waals surface area contributed by atoms with Crippen LogP contribution in [0.25, 0.3) is 0 Å². The molecule has 2 amide bonds. The van der Waals surface area contributed by atoms with E-state index >= 15 is 0 Å². The zero-order chi connectivity index (χ0) is 22.4. The Morgan fingerprint density at radius 1 is 1.26 bits per heavy atom. The van der Waals surface area contributed by atoms with Crippen molar-refractivity contribution >= 4 is 11.8 Å². The number of likely N-dealkylation sites (tertiary alicyclic amines) is 1. The number of amides is 2. The minimum absolute atomic E-state index is 0.137. The summed E-state index contributed by atoms with van der Waals surface area (Å²) < 4.78 is 0. The molecular weight excluding hydrogens is 388 g/mol. The van der Waals surface area contributed by atoms with E-state index in [-0.39, 0.29) is 23.3 Å². The fourth-order valence-corrected chi connectivity index (χ4v) is 4.05. The SMILES string of the molecule is CCCCc1ccc(C(C)C(=O)N2CCC(C)(NC(=O)c3cc(C#N)c[nH]3)CC2)cc1. The maximum atomic E-state index is 13.0. The number of rotatable bonds is 7. The number of carbonyl (C=O) groups excluding carboxylic acids is 2. The summed E-state index contributed by atoms with van der Waals surface area (Å²) in [7, 11) is 0. The Labute approximate surface area is 184 Å². The lowest BCUT2D eigenvalue weighted by atomic mass is 9.88. The van der Waals surface area contributed by atoms with Crippen LogP contribution >= 0.6 is 0 Å². The minimum Gasteiger partial charge on any atom is -0.356 e. The molecule has 2 heterocycles. The van der Waals surface area contributed by atoms with Gasteiger partial charge in [0.05, 0.1) is 11.5 Å². The monoisotopic (exact) mass is 420 g/mol. The van der Waals surface area contributed by atoms with Gasteiger partial charge in [0.25, 0.3) is 5.91 Å². The third-order valence-electron chi connectivity index (χ3n) is 6.32. The molecule has 0 aliphatic carbocycles.